The fraction of sp³-hybridized carbons (Fsp3) is 0.667. The van der Waals surface area contributed by atoms with E-state index in [2.05, 4.69) is 27.7 Å². The van der Waals surface area contributed by atoms with Crippen LogP contribution in [0.4, 0.5) is 11.4 Å². The molecule has 0 aliphatic heterocycles. The van der Waals surface area contributed by atoms with Gasteiger partial charge in [0.05, 0.1) is 23.3 Å². The van der Waals surface area contributed by atoms with Crippen LogP contribution < -0.4 is 11.5 Å². The summed E-state index contributed by atoms with van der Waals surface area (Å²) in [5, 5.41) is 0. The van der Waals surface area contributed by atoms with E-state index in [1.165, 1.54) is 12.1 Å². The van der Waals surface area contributed by atoms with Crippen molar-refractivity contribution in [2.24, 2.45) is 11.8 Å². The minimum absolute atomic E-state index is 0.0572. The summed E-state index contributed by atoms with van der Waals surface area (Å²) >= 11 is 0. The van der Waals surface area contributed by atoms with Gasteiger partial charge in [-0.1, -0.05) is 27.7 Å². The van der Waals surface area contributed by atoms with Crippen molar-refractivity contribution in [1.82, 2.24) is 0 Å². The van der Waals surface area contributed by atoms with Crippen LogP contribution in [0.25, 0.3) is 0 Å². The molecule has 0 fully saturated rings. The lowest BCUT2D eigenvalue weighted by Gasteiger charge is -2.16. The molecule has 1 aromatic rings. The highest BCUT2D eigenvalue weighted by atomic mass is 16.6. The molecule has 0 bridgehead atoms. The molecule has 0 heterocycles. The molecule has 0 radical (unpaired) electrons. The molecule has 182 valence electrons. The topological polar surface area (TPSA) is 123 Å². The Balaban J connectivity index is 2.66. The number of carbonyl (C=O) groups excluding carboxylic acids is 2. The molecular formula is C24H40N2O6. The summed E-state index contributed by atoms with van der Waals surface area (Å²) in [6.07, 6.45) is 1.34. The summed E-state index contributed by atoms with van der Waals surface area (Å²) in [5.41, 5.74) is 12.2. The van der Waals surface area contributed by atoms with Crippen LogP contribution >= 0.6 is 0 Å². The lowest BCUT2D eigenvalue weighted by atomic mass is 10.1. The van der Waals surface area contributed by atoms with E-state index < -0.39 is 11.9 Å². The summed E-state index contributed by atoms with van der Waals surface area (Å²) in [6, 6.07) is 2.67. The molecule has 8 heteroatoms. The first-order valence-corrected chi connectivity index (χ1v) is 11.3. The van der Waals surface area contributed by atoms with Gasteiger partial charge in [0.2, 0.25) is 0 Å². The smallest absolute Gasteiger partial charge is 0.340 e. The fourth-order valence-electron chi connectivity index (χ4n) is 2.64. The Hall–Kier alpha value is -2.32. The Morgan fingerprint density at radius 2 is 1.09 bits per heavy atom. The SMILES string of the molecule is CC(C)CCO[C@@H](C)COC(=O)c1cc(C(=O)OC[C@H](C)OCCC(C)C)c(N)cc1N. The molecule has 0 unspecified atom stereocenters. The molecule has 1 rings (SSSR count). The standard InChI is InChI=1S/C24H40N2O6/c1-15(2)7-9-29-17(5)13-31-23(27)19-11-20(22(26)12-21(19)25)24(28)32-14-18(6)30-10-8-16(3)4/h11-12,15-18H,7-10,13-14,25-26H2,1-6H3/t17-,18-/m0/s1. The van der Waals surface area contributed by atoms with Crippen LogP contribution in [-0.2, 0) is 18.9 Å². The Labute approximate surface area is 191 Å². The first-order chi connectivity index (χ1) is 15.0. The second-order valence-electron chi connectivity index (χ2n) is 8.95. The average molecular weight is 453 g/mol. The van der Waals surface area contributed by atoms with Crippen LogP contribution in [0.5, 0.6) is 0 Å². The molecule has 0 aromatic heterocycles. The number of nitrogens with two attached hydrogens (primary N) is 2. The first kappa shape index (κ1) is 27.7. The normalized spacial score (nSPS) is 13.2. The Kier molecular flexibility index (Phi) is 12.1. The molecule has 0 amide bonds. The van der Waals surface area contributed by atoms with E-state index in [1.807, 2.05) is 13.8 Å². The molecule has 4 N–H and O–H groups in total. The van der Waals surface area contributed by atoms with Crippen molar-refractivity contribution in [3.63, 3.8) is 0 Å². The fourth-order valence-corrected chi connectivity index (χ4v) is 2.64. The van der Waals surface area contributed by atoms with Crippen molar-refractivity contribution in [2.75, 3.05) is 37.9 Å². The molecule has 32 heavy (non-hydrogen) atoms. The number of carbonyl (C=O) groups is 2. The van der Waals surface area contributed by atoms with Gasteiger partial charge in [0.1, 0.15) is 13.2 Å². The number of esters is 2. The number of ether oxygens (including phenoxy) is 4. The third-order valence-corrected chi connectivity index (χ3v) is 4.75. The van der Waals surface area contributed by atoms with Gasteiger partial charge >= 0.3 is 11.9 Å². The molecule has 0 saturated carbocycles. The highest BCUT2D eigenvalue weighted by Crippen LogP contribution is 2.23. The van der Waals surface area contributed by atoms with E-state index in [-0.39, 0.29) is 47.9 Å². The maximum atomic E-state index is 12.5. The third kappa shape index (κ3) is 10.3. The van der Waals surface area contributed by atoms with Crippen LogP contribution in [0.1, 0.15) is 75.1 Å². The molecule has 0 aliphatic carbocycles. The van der Waals surface area contributed by atoms with Crippen molar-refractivity contribution in [3.8, 4) is 0 Å². The zero-order valence-corrected chi connectivity index (χ0v) is 20.3. The van der Waals surface area contributed by atoms with Crippen molar-refractivity contribution < 1.29 is 28.5 Å². The van der Waals surface area contributed by atoms with Gasteiger partial charge in [0.15, 0.2) is 0 Å². The Bertz CT molecular complexity index is 678. The highest BCUT2D eigenvalue weighted by molar-refractivity contribution is 6.02. The maximum absolute atomic E-state index is 12.5. The largest absolute Gasteiger partial charge is 0.459 e. The lowest BCUT2D eigenvalue weighted by Crippen LogP contribution is -2.22. The second-order valence-corrected chi connectivity index (χ2v) is 8.95. The monoisotopic (exact) mass is 452 g/mol. The van der Waals surface area contributed by atoms with E-state index in [9.17, 15) is 9.59 Å². The van der Waals surface area contributed by atoms with Crippen molar-refractivity contribution >= 4 is 23.3 Å². The van der Waals surface area contributed by atoms with Crippen molar-refractivity contribution in [1.29, 1.82) is 0 Å². The van der Waals surface area contributed by atoms with E-state index in [0.717, 1.165) is 12.8 Å². The Morgan fingerprint density at radius 3 is 1.44 bits per heavy atom. The van der Waals surface area contributed by atoms with Crippen LogP contribution in [0.3, 0.4) is 0 Å². The summed E-state index contributed by atoms with van der Waals surface area (Å²) < 4.78 is 21.9. The zero-order chi connectivity index (χ0) is 24.3. The lowest BCUT2D eigenvalue weighted by molar-refractivity contribution is -0.00347. The molecule has 0 aliphatic rings. The van der Waals surface area contributed by atoms with E-state index >= 15 is 0 Å². The quantitative estimate of drug-likeness (QED) is 0.320. The molecule has 0 spiro atoms. The van der Waals surface area contributed by atoms with Crippen LogP contribution in [0, 0.1) is 11.8 Å². The molecular weight excluding hydrogens is 412 g/mol. The number of rotatable bonds is 14. The number of nitrogen functional groups attached to an aromatic ring is 2. The number of benzene rings is 1. The first-order valence-electron chi connectivity index (χ1n) is 11.3. The van der Waals surface area contributed by atoms with Crippen molar-refractivity contribution in [2.45, 2.75) is 66.6 Å². The van der Waals surface area contributed by atoms with E-state index in [0.29, 0.717) is 25.0 Å². The number of hydrogen-bond donors (Lipinski definition) is 2. The summed E-state index contributed by atoms with van der Waals surface area (Å²) in [5.74, 6) is -0.235. The Morgan fingerprint density at radius 1 is 0.719 bits per heavy atom. The van der Waals surface area contributed by atoms with E-state index in [1.54, 1.807) is 0 Å². The van der Waals surface area contributed by atoms with Crippen LogP contribution in [0.15, 0.2) is 12.1 Å². The van der Waals surface area contributed by atoms with Gasteiger partial charge in [-0.05, 0) is 50.7 Å². The van der Waals surface area contributed by atoms with Gasteiger partial charge in [-0.3, -0.25) is 0 Å². The van der Waals surface area contributed by atoms with Crippen LogP contribution in [0.2, 0.25) is 0 Å². The summed E-state index contributed by atoms with van der Waals surface area (Å²) in [7, 11) is 0. The van der Waals surface area contributed by atoms with Gasteiger partial charge in [-0.15, -0.1) is 0 Å². The third-order valence-electron chi connectivity index (χ3n) is 4.75. The number of anilines is 2. The second kappa shape index (κ2) is 14.0. The van der Waals surface area contributed by atoms with Gasteiger partial charge < -0.3 is 30.4 Å². The molecule has 0 saturated heterocycles. The summed E-state index contributed by atoms with van der Waals surface area (Å²) in [4.78, 5) is 25.0. The zero-order valence-electron chi connectivity index (χ0n) is 20.3. The predicted octanol–water partition coefficient (Wildman–Crippen LogP) is 4.07. The highest BCUT2D eigenvalue weighted by Gasteiger charge is 2.20. The van der Waals surface area contributed by atoms with Gasteiger partial charge in [0, 0.05) is 24.6 Å². The average Bonchev–Trinajstić information content (AvgIpc) is 2.69. The maximum Gasteiger partial charge on any atom is 0.340 e. The molecule has 1 aromatic carbocycles. The summed E-state index contributed by atoms with van der Waals surface area (Å²) in [6.45, 7) is 13.4. The van der Waals surface area contributed by atoms with Crippen molar-refractivity contribution in [3.05, 3.63) is 23.3 Å². The minimum Gasteiger partial charge on any atom is -0.459 e. The minimum atomic E-state index is -0.652. The molecule has 8 nitrogen and oxygen atoms in total. The van der Waals surface area contributed by atoms with Gasteiger partial charge in [0.25, 0.3) is 0 Å². The molecule has 2 atom stereocenters. The van der Waals surface area contributed by atoms with E-state index in [4.69, 9.17) is 30.4 Å². The van der Waals surface area contributed by atoms with Crippen LogP contribution in [-0.4, -0.2) is 50.6 Å². The van der Waals surface area contributed by atoms with Gasteiger partial charge in [-0.2, -0.15) is 0 Å². The number of hydrogen-bond acceptors (Lipinski definition) is 8. The predicted molar refractivity (Wildman–Crippen MR) is 126 cm³/mol. The van der Waals surface area contributed by atoms with Gasteiger partial charge in [-0.25, -0.2) is 9.59 Å².